The zero-order chi connectivity index (χ0) is 7.98. The van der Waals surface area contributed by atoms with Crippen LogP contribution in [0.1, 0.15) is 6.92 Å². The summed E-state index contributed by atoms with van der Waals surface area (Å²) in [5.41, 5.74) is 0. The maximum atomic E-state index is 10.4. The second kappa shape index (κ2) is 4.80. The van der Waals surface area contributed by atoms with E-state index in [1.807, 2.05) is 0 Å². The molecule has 6 nitrogen and oxygen atoms in total. The molecule has 0 bridgehead atoms. The first-order valence-electron chi connectivity index (χ1n) is 2.94. The lowest BCUT2D eigenvalue weighted by molar-refractivity contribution is -0.709. The highest BCUT2D eigenvalue weighted by Crippen LogP contribution is 1.86. The van der Waals surface area contributed by atoms with Gasteiger partial charge in [0.2, 0.25) is 5.28 Å². The zero-order valence-corrected chi connectivity index (χ0v) is 5.77. The van der Waals surface area contributed by atoms with Gasteiger partial charge < -0.3 is 15.5 Å². The summed E-state index contributed by atoms with van der Waals surface area (Å²) in [5, 5.41) is 30.3. The van der Waals surface area contributed by atoms with Crippen LogP contribution in [0.2, 0.25) is 0 Å². The first-order chi connectivity index (χ1) is 4.76. The van der Waals surface area contributed by atoms with E-state index in [0.717, 1.165) is 5.01 Å². The number of hydrazine groups is 1. The van der Waals surface area contributed by atoms with Gasteiger partial charge in [-0.05, 0) is 6.92 Å². The van der Waals surface area contributed by atoms with E-state index < -0.39 is 0 Å². The fourth-order valence-electron chi connectivity index (χ4n) is 0.537. The normalized spacial score (nSPS) is 11.6. The van der Waals surface area contributed by atoms with Gasteiger partial charge in [0, 0.05) is 0 Å². The molecule has 0 heterocycles. The van der Waals surface area contributed by atoms with Crippen molar-refractivity contribution in [2.24, 2.45) is 5.28 Å². The van der Waals surface area contributed by atoms with E-state index >= 15 is 0 Å². The Morgan fingerprint density at radius 2 is 2.30 bits per heavy atom. The van der Waals surface area contributed by atoms with Crippen LogP contribution in [-0.2, 0) is 0 Å². The van der Waals surface area contributed by atoms with Crippen molar-refractivity contribution in [1.29, 1.82) is 0 Å². The first kappa shape index (κ1) is 8.96. The Hall–Kier alpha value is -1.04. The number of hydrogen-bond donors (Lipinski definition) is 2. The Bertz CT molecular complexity index is 116. The largest absolute Gasteiger partial charge is 0.569 e. The summed E-state index contributed by atoms with van der Waals surface area (Å²) >= 11 is 0. The Morgan fingerprint density at radius 1 is 1.70 bits per heavy atom. The van der Waals surface area contributed by atoms with E-state index in [1.54, 1.807) is 6.92 Å². The van der Waals surface area contributed by atoms with Crippen LogP contribution in [-0.4, -0.2) is 40.0 Å². The highest BCUT2D eigenvalue weighted by atomic mass is 16.6. The molecule has 0 amide bonds. The van der Waals surface area contributed by atoms with Gasteiger partial charge in [-0.25, -0.2) is 0 Å². The molecule has 0 unspecified atom stereocenters. The number of aliphatic hydroxyl groups is 1. The summed E-state index contributed by atoms with van der Waals surface area (Å²) < 4.78 is 0. The molecule has 60 valence electrons. The van der Waals surface area contributed by atoms with E-state index in [-0.39, 0.29) is 18.1 Å². The van der Waals surface area contributed by atoms with E-state index in [2.05, 4.69) is 5.28 Å². The SMILES string of the molecule is CCN(CCO)[N+]([O-])=NO. The predicted molar refractivity (Wildman–Crippen MR) is 32.2 cm³/mol. The van der Waals surface area contributed by atoms with Crippen molar-refractivity contribution in [2.75, 3.05) is 19.7 Å². The monoisotopic (exact) mass is 149 g/mol. The van der Waals surface area contributed by atoms with Crippen molar-refractivity contribution in [3.05, 3.63) is 5.21 Å². The first-order valence-corrected chi connectivity index (χ1v) is 2.94. The Balaban J connectivity index is 3.80. The fraction of sp³-hybridized carbons (Fsp3) is 1.00. The zero-order valence-electron chi connectivity index (χ0n) is 5.77. The topological polar surface area (TPSA) is 82.1 Å². The van der Waals surface area contributed by atoms with Gasteiger partial charge >= 0.3 is 0 Å². The van der Waals surface area contributed by atoms with Gasteiger partial charge in [-0.1, -0.05) is 0 Å². The van der Waals surface area contributed by atoms with Gasteiger partial charge in [0.1, 0.15) is 0 Å². The van der Waals surface area contributed by atoms with E-state index in [9.17, 15) is 5.21 Å². The van der Waals surface area contributed by atoms with Gasteiger partial charge in [0.25, 0.3) is 0 Å². The molecule has 10 heavy (non-hydrogen) atoms. The Kier molecular flexibility index (Phi) is 4.30. The lowest BCUT2D eigenvalue weighted by Crippen LogP contribution is -2.32. The predicted octanol–water partition coefficient (Wildman–Crippen LogP) is -0.433. The molecule has 0 aromatic rings. The van der Waals surface area contributed by atoms with Crippen LogP contribution in [0.3, 0.4) is 0 Å². The standard InChI is InChI=1S/C4H11N3O3/c1-2-6(3-4-8)7(10)5-9/h8-9H,2-4H2,1H3. The number of rotatable bonds is 4. The smallest absolute Gasteiger partial charge is 0.230 e. The maximum Gasteiger partial charge on any atom is 0.230 e. The van der Waals surface area contributed by atoms with Gasteiger partial charge in [0.15, 0.2) is 0 Å². The quantitative estimate of drug-likeness (QED) is 0.322. The highest BCUT2D eigenvalue weighted by Gasteiger charge is 2.07. The third-order valence-corrected chi connectivity index (χ3v) is 1.04. The molecule has 6 heteroatoms. The molecular weight excluding hydrogens is 138 g/mol. The van der Waals surface area contributed by atoms with Crippen LogP contribution in [0, 0.1) is 5.21 Å². The number of aliphatic hydroxyl groups excluding tert-OH is 1. The van der Waals surface area contributed by atoms with Crippen molar-refractivity contribution in [1.82, 2.24) is 5.01 Å². The minimum atomic E-state index is -0.137. The lowest BCUT2D eigenvalue weighted by atomic mass is 10.6. The molecule has 0 fully saturated rings. The van der Waals surface area contributed by atoms with E-state index in [1.165, 1.54) is 0 Å². The number of nitrogens with zero attached hydrogens (tertiary/aromatic N) is 3. The molecule has 0 spiro atoms. The van der Waals surface area contributed by atoms with Crippen LogP contribution >= 0.6 is 0 Å². The average Bonchev–Trinajstić information content (AvgIpc) is 1.99. The van der Waals surface area contributed by atoms with Gasteiger partial charge in [-0.2, -0.15) is 0 Å². The molecule has 0 aromatic carbocycles. The molecule has 0 radical (unpaired) electrons. The number of likely N-dealkylation sites (N-methyl/N-ethyl adjacent to an activating group) is 1. The second-order valence-electron chi connectivity index (χ2n) is 1.61. The van der Waals surface area contributed by atoms with E-state index in [0.29, 0.717) is 6.54 Å². The lowest BCUT2D eigenvalue weighted by Gasteiger charge is -2.13. The van der Waals surface area contributed by atoms with Gasteiger partial charge in [-0.3, -0.25) is 0 Å². The van der Waals surface area contributed by atoms with E-state index in [4.69, 9.17) is 10.3 Å². The summed E-state index contributed by atoms with van der Waals surface area (Å²) in [4.78, 5) is 0.0379. The third-order valence-electron chi connectivity index (χ3n) is 1.04. The molecule has 0 rings (SSSR count). The highest BCUT2D eigenvalue weighted by molar-refractivity contribution is 4.35. The molecule has 0 aliphatic rings. The summed E-state index contributed by atoms with van der Waals surface area (Å²) in [7, 11) is 0. The average molecular weight is 149 g/mol. The van der Waals surface area contributed by atoms with Gasteiger partial charge in [-0.15, -0.1) is 5.01 Å². The second-order valence-corrected chi connectivity index (χ2v) is 1.61. The van der Waals surface area contributed by atoms with Crippen molar-refractivity contribution < 1.29 is 15.3 Å². The summed E-state index contributed by atoms with van der Waals surface area (Å²) in [6.45, 7) is 2.14. The Labute approximate surface area is 58.5 Å². The van der Waals surface area contributed by atoms with Crippen LogP contribution < -0.4 is 0 Å². The molecule has 0 aliphatic heterocycles. The Morgan fingerprint density at radius 3 is 2.60 bits per heavy atom. The van der Waals surface area contributed by atoms with Gasteiger partial charge in [0.05, 0.1) is 24.7 Å². The molecule has 0 saturated carbocycles. The van der Waals surface area contributed by atoms with Crippen molar-refractivity contribution in [3.63, 3.8) is 0 Å². The molecular formula is C4H11N3O3. The molecule has 0 atom stereocenters. The van der Waals surface area contributed by atoms with Crippen LogP contribution in [0.15, 0.2) is 5.28 Å². The maximum absolute atomic E-state index is 10.4. The fourth-order valence-corrected chi connectivity index (χ4v) is 0.537. The molecule has 0 saturated heterocycles. The number of hydrogen-bond acceptors (Lipinski definition) is 3. The van der Waals surface area contributed by atoms with Crippen molar-refractivity contribution in [3.8, 4) is 0 Å². The van der Waals surface area contributed by atoms with Crippen LogP contribution in [0.25, 0.3) is 0 Å². The van der Waals surface area contributed by atoms with Crippen molar-refractivity contribution >= 4 is 0 Å². The summed E-state index contributed by atoms with van der Waals surface area (Å²) in [6.07, 6.45) is 0. The minimum Gasteiger partial charge on any atom is -0.569 e. The molecule has 0 aromatic heterocycles. The third kappa shape index (κ3) is 2.49. The van der Waals surface area contributed by atoms with Crippen molar-refractivity contribution in [2.45, 2.75) is 6.92 Å². The summed E-state index contributed by atoms with van der Waals surface area (Å²) in [5.74, 6) is 0. The van der Waals surface area contributed by atoms with Crippen LogP contribution in [0.4, 0.5) is 0 Å². The minimum absolute atomic E-state index is 0.0379. The van der Waals surface area contributed by atoms with Crippen LogP contribution in [0.5, 0.6) is 0 Å². The summed E-state index contributed by atoms with van der Waals surface area (Å²) in [6, 6.07) is 0. The molecule has 2 N–H and O–H groups in total. The molecule has 0 aliphatic carbocycles.